The second kappa shape index (κ2) is 7.28. The molecule has 7 nitrogen and oxygen atoms in total. The number of rotatable bonds is 4. The molecular formula is C20H14FN5O2. The summed E-state index contributed by atoms with van der Waals surface area (Å²) in [5.41, 5.74) is 3.07. The van der Waals surface area contributed by atoms with E-state index in [1.165, 1.54) is 18.2 Å². The highest BCUT2D eigenvalue weighted by Gasteiger charge is 2.10. The summed E-state index contributed by atoms with van der Waals surface area (Å²) >= 11 is 0. The van der Waals surface area contributed by atoms with Crippen LogP contribution in [0, 0.1) is 5.82 Å². The number of carbonyl (C=O) groups excluding carboxylic acids is 2. The zero-order chi connectivity index (χ0) is 19.5. The molecule has 0 atom stereocenters. The van der Waals surface area contributed by atoms with E-state index in [4.69, 9.17) is 0 Å². The minimum absolute atomic E-state index is 0.213. The van der Waals surface area contributed by atoms with Gasteiger partial charge in [0.2, 0.25) is 0 Å². The second-order valence-corrected chi connectivity index (χ2v) is 6.02. The van der Waals surface area contributed by atoms with Crippen LogP contribution >= 0.6 is 0 Å². The van der Waals surface area contributed by atoms with Gasteiger partial charge in [-0.2, -0.15) is 15.4 Å². The molecule has 0 saturated heterocycles. The third-order valence-electron chi connectivity index (χ3n) is 4.07. The Morgan fingerprint density at radius 3 is 2.21 bits per heavy atom. The van der Waals surface area contributed by atoms with Crippen molar-refractivity contribution in [2.45, 2.75) is 0 Å². The SMILES string of the molecule is O=C(Nc1ccc2n[nH]nc2c1)c1ccc(NC(=O)c2cccc(F)c2)cc1. The van der Waals surface area contributed by atoms with E-state index in [1.54, 1.807) is 42.5 Å². The molecule has 1 aromatic heterocycles. The van der Waals surface area contributed by atoms with Gasteiger partial charge in [-0.3, -0.25) is 9.59 Å². The molecule has 0 aliphatic heterocycles. The summed E-state index contributed by atoms with van der Waals surface area (Å²) in [7, 11) is 0. The van der Waals surface area contributed by atoms with Crippen molar-refractivity contribution >= 4 is 34.2 Å². The van der Waals surface area contributed by atoms with Crippen LogP contribution in [0.15, 0.2) is 66.7 Å². The molecule has 0 bridgehead atoms. The zero-order valence-corrected chi connectivity index (χ0v) is 14.4. The fourth-order valence-electron chi connectivity index (χ4n) is 2.66. The van der Waals surface area contributed by atoms with Crippen molar-refractivity contribution in [1.29, 1.82) is 0 Å². The largest absolute Gasteiger partial charge is 0.322 e. The smallest absolute Gasteiger partial charge is 0.255 e. The predicted octanol–water partition coefficient (Wildman–Crippen LogP) is 3.60. The highest BCUT2D eigenvalue weighted by molar-refractivity contribution is 6.06. The van der Waals surface area contributed by atoms with Crippen LogP contribution < -0.4 is 10.6 Å². The predicted molar refractivity (Wildman–Crippen MR) is 103 cm³/mol. The third-order valence-corrected chi connectivity index (χ3v) is 4.07. The second-order valence-electron chi connectivity index (χ2n) is 6.02. The number of anilines is 2. The minimum atomic E-state index is -0.483. The number of aromatic nitrogens is 3. The normalized spacial score (nSPS) is 10.6. The highest BCUT2D eigenvalue weighted by atomic mass is 19.1. The zero-order valence-electron chi connectivity index (χ0n) is 14.4. The number of H-pyrrole nitrogens is 1. The summed E-state index contributed by atoms with van der Waals surface area (Å²) < 4.78 is 13.2. The number of halogens is 1. The van der Waals surface area contributed by atoms with Gasteiger partial charge in [0.05, 0.1) is 0 Å². The number of hydrogen-bond acceptors (Lipinski definition) is 4. The van der Waals surface area contributed by atoms with Crippen molar-refractivity contribution in [1.82, 2.24) is 15.4 Å². The molecule has 0 spiro atoms. The molecule has 28 heavy (non-hydrogen) atoms. The number of nitrogens with zero attached hydrogens (tertiary/aromatic N) is 2. The molecule has 0 radical (unpaired) electrons. The third kappa shape index (κ3) is 3.70. The number of benzene rings is 3. The molecule has 3 aromatic carbocycles. The van der Waals surface area contributed by atoms with E-state index in [2.05, 4.69) is 26.0 Å². The van der Waals surface area contributed by atoms with Gasteiger partial charge in [0.15, 0.2) is 0 Å². The first-order valence-electron chi connectivity index (χ1n) is 8.37. The van der Waals surface area contributed by atoms with Gasteiger partial charge in [0.1, 0.15) is 16.9 Å². The number of aromatic amines is 1. The molecule has 2 amide bonds. The van der Waals surface area contributed by atoms with Gasteiger partial charge in [-0.15, -0.1) is 0 Å². The van der Waals surface area contributed by atoms with Crippen molar-refractivity contribution in [3.05, 3.63) is 83.7 Å². The van der Waals surface area contributed by atoms with Crippen molar-refractivity contribution in [3.8, 4) is 0 Å². The van der Waals surface area contributed by atoms with E-state index in [0.29, 0.717) is 28.0 Å². The van der Waals surface area contributed by atoms with Gasteiger partial charge in [0.25, 0.3) is 11.8 Å². The molecule has 4 rings (SSSR count). The first-order chi connectivity index (χ1) is 13.6. The number of nitrogens with one attached hydrogen (secondary N) is 3. The Morgan fingerprint density at radius 2 is 1.43 bits per heavy atom. The Labute approximate surface area is 158 Å². The van der Waals surface area contributed by atoms with E-state index < -0.39 is 11.7 Å². The fraction of sp³-hybridized carbons (Fsp3) is 0. The maximum atomic E-state index is 13.2. The molecule has 138 valence electrons. The van der Waals surface area contributed by atoms with Crippen LogP contribution in [-0.4, -0.2) is 27.2 Å². The van der Waals surface area contributed by atoms with Crippen molar-refractivity contribution in [2.75, 3.05) is 10.6 Å². The monoisotopic (exact) mass is 375 g/mol. The summed E-state index contributed by atoms with van der Waals surface area (Å²) in [5, 5.41) is 15.9. The van der Waals surface area contributed by atoms with E-state index in [9.17, 15) is 14.0 Å². The first-order valence-corrected chi connectivity index (χ1v) is 8.37. The molecular weight excluding hydrogens is 361 g/mol. The fourth-order valence-corrected chi connectivity index (χ4v) is 2.66. The topological polar surface area (TPSA) is 99.8 Å². The first kappa shape index (κ1) is 17.3. The maximum absolute atomic E-state index is 13.2. The molecule has 3 N–H and O–H groups in total. The number of amides is 2. The molecule has 8 heteroatoms. The van der Waals surface area contributed by atoms with E-state index in [-0.39, 0.29) is 11.5 Å². The summed E-state index contributed by atoms with van der Waals surface area (Å²) in [5.74, 6) is -1.22. The van der Waals surface area contributed by atoms with Gasteiger partial charge in [0, 0.05) is 22.5 Å². The van der Waals surface area contributed by atoms with Gasteiger partial charge < -0.3 is 10.6 Å². The number of fused-ring (bicyclic) bond motifs is 1. The molecule has 0 unspecified atom stereocenters. The number of hydrogen-bond donors (Lipinski definition) is 3. The molecule has 0 aliphatic rings. The van der Waals surface area contributed by atoms with Gasteiger partial charge >= 0.3 is 0 Å². The molecule has 0 saturated carbocycles. The molecule has 0 fully saturated rings. The molecule has 0 aliphatic carbocycles. The minimum Gasteiger partial charge on any atom is -0.322 e. The van der Waals surface area contributed by atoms with E-state index in [0.717, 1.165) is 6.07 Å². The van der Waals surface area contributed by atoms with Crippen molar-refractivity contribution in [2.24, 2.45) is 0 Å². The lowest BCUT2D eigenvalue weighted by atomic mass is 10.1. The van der Waals surface area contributed by atoms with Crippen LogP contribution in [0.2, 0.25) is 0 Å². The van der Waals surface area contributed by atoms with Crippen LogP contribution in [-0.2, 0) is 0 Å². The Balaban J connectivity index is 1.43. The lowest BCUT2D eigenvalue weighted by Crippen LogP contribution is -2.13. The number of carbonyl (C=O) groups is 2. The van der Waals surface area contributed by atoms with E-state index in [1.807, 2.05) is 0 Å². The quantitative estimate of drug-likeness (QED) is 0.507. The Hall–Kier alpha value is -4.07. The van der Waals surface area contributed by atoms with Crippen LogP contribution in [0.1, 0.15) is 20.7 Å². The Morgan fingerprint density at radius 1 is 0.750 bits per heavy atom. The molecule has 4 aromatic rings. The average Bonchev–Trinajstić information content (AvgIpc) is 3.16. The summed E-state index contributed by atoms with van der Waals surface area (Å²) in [6.45, 7) is 0. The Bertz CT molecular complexity index is 1170. The van der Waals surface area contributed by atoms with Crippen LogP contribution in [0.4, 0.5) is 15.8 Å². The highest BCUT2D eigenvalue weighted by Crippen LogP contribution is 2.17. The summed E-state index contributed by atoms with van der Waals surface area (Å²) in [4.78, 5) is 24.5. The van der Waals surface area contributed by atoms with E-state index >= 15 is 0 Å². The lowest BCUT2D eigenvalue weighted by molar-refractivity contribution is 0.101. The van der Waals surface area contributed by atoms with Gasteiger partial charge in [-0.05, 0) is 60.7 Å². The van der Waals surface area contributed by atoms with Crippen LogP contribution in [0.25, 0.3) is 11.0 Å². The molecule has 1 heterocycles. The summed E-state index contributed by atoms with van der Waals surface area (Å²) in [6.07, 6.45) is 0. The summed E-state index contributed by atoms with van der Waals surface area (Å²) in [6, 6.07) is 17.0. The average molecular weight is 375 g/mol. The standard InChI is InChI=1S/C20H14FN5O2/c21-14-3-1-2-13(10-14)20(28)22-15-6-4-12(5-7-15)19(27)23-16-8-9-17-18(11-16)25-26-24-17/h1-11H,(H,22,28)(H,23,27)(H,24,25,26). The van der Waals surface area contributed by atoms with Crippen molar-refractivity contribution < 1.29 is 14.0 Å². The van der Waals surface area contributed by atoms with Crippen molar-refractivity contribution in [3.63, 3.8) is 0 Å². The van der Waals surface area contributed by atoms with Crippen LogP contribution in [0.5, 0.6) is 0 Å². The lowest BCUT2D eigenvalue weighted by Gasteiger charge is -2.08. The van der Waals surface area contributed by atoms with Gasteiger partial charge in [-0.1, -0.05) is 6.07 Å². The Kier molecular flexibility index (Phi) is 4.51. The maximum Gasteiger partial charge on any atom is 0.255 e. The van der Waals surface area contributed by atoms with Gasteiger partial charge in [-0.25, -0.2) is 4.39 Å². The van der Waals surface area contributed by atoms with Crippen LogP contribution in [0.3, 0.4) is 0 Å².